The summed E-state index contributed by atoms with van der Waals surface area (Å²) >= 11 is 0. The Morgan fingerprint density at radius 3 is 2.43 bits per heavy atom. The van der Waals surface area contributed by atoms with Gasteiger partial charge in [0.2, 0.25) is 0 Å². The Hall–Kier alpha value is -4.10. The molecule has 0 fully saturated rings. The van der Waals surface area contributed by atoms with Gasteiger partial charge >= 0.3 is 5.97 Å². The fourth-order valence-corrected chi connectivity index (χ4v) is 3.85. The number of hydrogen-bond acceptors (Lipinski definition) is 6. The highest BCUT2D eigenvalue weighted by Gasteiger charge is 2.20. The zero-order valence-electron chi connectivity index (χ0n) is 20.1. The van der Waals surface area contributed by atoms with Crippen molar-refractivity contribution in [1.29, 1.82) is 0 Å². The lowest BCUT2D eigenvalue weighted by Crippen LogP contribution is -2.15. The molecule has 7 nitrogen and oxygen atoms in total. The normalized spacial score (nSPS) is 11.7. The molecule has 35 heavy (non-hydrogen) atoms. The van der Waals surface area contributed by atoms with Crippen molar-refractivity contribution in [3.05, 3.63) is 89.5 Å². The molecule has 4 aromatic rings. The van der Waals surface area contributed by atoms with Crippen molar-refractivity contribution in [3.63, 3.8) is 0 Å². The van der Waals surface area contributed by atoms with E-state index < -0.39 is 5.97 Å². The van der Waals surface area contributed by atoms with Crippen molar-refractivity contribution >= 4 is 28.3 Å². The maximum absolute atomic E-state index is 12.0. The number of H-pyrrole nitrogens is 1. The molecule has 2 N–H and O–H groups in total. The lowest BCUT2D eigenvalue weighted by atomic mass is 10.00. The van der Waals surface area contributed by atoms with Crippen LogP contribution in [0.4, 0.5) is 5.69 Å². The lowest BCUT2D eigenvalue weighted by Gasteiger charge is -2.11. The first-order valence-corrected chi connectivity index (χ1v) is 11.4. The van der Waals surface area contributed by atoms with Crippen molar-refractivity contribution in [2.75, 3.05) is 34.4 Å². The number of rotatable bonds is 9. The van der Waals surface area contributed by atoms with Crippen LogP contribution in [0.2, 0.25) is 0 Å². The van der Waals surface area contributed by atoms with Gasteiger partial charge in [0.05, 0.1) is 36.2 Å². The van der Waals surface area contributed by atoms with E-state index in [-0.39, 0.29) is 5.88 Å². The molecule has 0 spiro atoms. The maximum Gasteiger partial charge on any atom is 0.337 e. The Balaban J connectivity index is 1.70. The minimum Gasteiger partial charge on any atom is -0.494 e. The van der Waals surface area contributed by atoms with E-state index in [1.54, 1.807) is 18.2 Å². The number of aromatic amines is 1. The first kappa shape index (κ1) is 24.0. The van der Waals surface area contributed by atoms with E-state index in [0.717, 1.165) is 35.4 Å². The van der Waals surface area contributed by atoms with Gasteiger partial charge in [0.15, 0.2) is 5.88 Å². The summed E-state index contributed by atoms with van der Waals surface area (Å²) in [6.45, 7) is 1.62. The van der Waals surface area contributed by atoms with E-state index in [9.17, 15) is 9.90 Å². The van der Waals surface area contributed by atoms with E-state index >= 15 is 0 Å². The van der Waals surface area contributed by atoms with Gasteiger partial charge in [-0.15, -0.1) is 0 Å². The summed E-state index contributed by atoms with van der Waals surface area (Å²) in [7, 11) is 5.42. The van der Waals surface area contributed by atoms with E-state index in [1.165, 1.54) is 7.11 Å². The van der Waals surface area contributed by atoms with Crippen molar-refractivity contribution < 1.29 is 19.4 Å². The Labute approximate surface area is 204 Å². The molecule has 0 bridgehead atoms. The second-order valence-electron chi connectivity index (χ2n) is 8.43. The largest absolute Gasteiger partial charge is 0.494 e. The number of nitrogens with one attached hydrogen (secondary N) is 1. The van der Waals surface area contributed by atoms with Gasteiger partial charge < -0.3 is 24.5 Å². The number of nitrogens with zero attached hydrogens (tertiary/aromatic N) is 2. The number of carbonyl (C=O) groups excluding carboxylic acids is 1. The number of methoxy groups -OCH3 is 1. The van der Waals surface area contributed by atoms with Crippen LogP contribution < -0.4 is 4.74 Å². The Morgan fingerprint density at radius 1 is 1.00 bits per heavy atom. The van der Waals surface area contributed by atoms with Gasteiger partial charge in [-0.3, -0.25) is 0 Å². The molecule has 0 aliphatic carbocycles. The summed E-state index contributed by atoms with van der Waals surface area (Å²) in [5, 5.41) is 11.6. The van der Waals surface area contributed by atoms with Crippen molar-refractivity contribution in [3.8, 4) is 11.6 Å². The number of esters is 1. The fraction of sp³-hybridized carbons (Fsp3) is 0.214. The third-order valence-electron chi connectivity index (χ3n) is 5.58. The fourth-order valence-electron chi connectivity index (χ4n) is 3.85. The van der Waals surface area contributed by atoms with Crippen LogP contribution in [0.5, 0.6) is 11.6 Å². The van der Waals surface area contributed by atoms with Crippen LogP contribution >= 0.6 is 0 Å². The molecule has 0 aliphatic heterocycles. The monoisotopic (exact) mass is 471 g/mol. The third kappa shape index (κ3) is 5.70. The minimum atomic E-state index is -0.441. The first-order valence-electron chi connectivity index (χ1n) is 11.4. The molecule has 7 heteroatoms. The van der Waals surface area contributed by atoms with Gasteiger partial charge in [0.25, 0.3) is 0 Å². The van der Waals surface area contributed by atoms with Crippen LogP contribution in [0.3, 0.4) is 0 Å². The molecule has 4 rings (SSSR count). The predicted molar refractivity (Wildman–Crippen MR) is 138 cm³/mol. The van der Waals surface area contributed by atoms with Gasteiger partial charge in [0, 0.05) is 23.0 Å². The molecule has 1 aromatic heterocycles. The number of aromatic nitrogens is 1. The molecular formula is C28H29N3O4. The van der Waals surface area contributed by atoms with Crippen molar-refractivity contribution in [1.82, 2.24) is 9.88 Å². The molecule has 0 saturated carbocycles. The number of hydrogen-bond donors (Lipinski definition) is 2. The molecule has 0 unspecified atom stereocenters. The number of aliphatic imine (C=N–C) groups is 1. The summed E-state index contributed by atoms with van der Waals surface area (Å²) in [6, 6.07) is 22.4. The van der Waals surface area contributed by atoms with Crippen LogP contribution in [-0.2, 0) is 4.74 Å². The quantitative estimate of drug-likeness (QED) is 0.200. The van der Waals surface area contributed by atoms with E-state index in [2.05, 4.69) is 9.88 Å². The molecule has 0 atom stereocenters. The molecule has 180 valence electrons. The summed E-state index contributed by atoms with van der Waals surface area (Å²) < 4.78 is 10.6. The number of carbonyl (C=O) groups is 1. The van der Waals surface area contributed by atoms with Crippen LogP contribution in [0.15, 0.2) is 77.8 Å². The molecule has 0 radical (unpaired) electrons. The standard InChI is InChI=1S/C28H29N3O4/c1-31(2)16-7-17-35-22-13-11-21(12-14-22)29-26(19-8-5-4-6-9-19)25-23-15-10-20(28(33)34-3)18-24(23)30-27(25)32/h4-6,8-15,18,30,32H,7,16-17H2,1-3H3. The number of benzene rings is 3. The van der Waals surface area contributed by atoms with Gasteiger partial charge in [-0.05, 0) is 56.9 Å². The Kier molecular flexibility index (Phi) is 7.48. The highest BCUT2D eigenvalue weighted by molar-refractivity contribution is 6.22. The van der Waals surface area contributed by atoms with Gasteiger partial charge in [0.1, 0.15) is 5.75 Å². The Morgan fingerprint density at radius 2 is 1.74 bits per heavy atom. The average molecular weight is 472 g/mol. The molecule has 0 amide bonds. The van der Waals surface area contributed by atoms with Gasteiger partial charge in [-0.2, -0.15) is 0 Å². The number of fused-ring (bicyclic) bond motifs is 1. The summed E-state index contributed by atoms with van der Waals surface area (Å²) in [6.07, 6.45) is 0.947. The molecule has 1 heterocycles. The topological polar surface area (TPSA) is 87.2 Å². The van der Waals surface area contributed by atoms with Crippen LogP contribution in [0, 0.1) is 0 Å². The minimum absolute atomic E-state index is 0.0227. The molecule has 0 aliphatic rings. The molecule has 0 saturated heterocycles. The second-order valence-corrected chi connectivity index (χ2v) is 8.43. The van der Waals surface area contributed by atoms with E-state index in [1.807, 2.05) is 68.7 Å². The van der Waals surface area contributed by atoms with E-state index in [0.29, 0.717) is 29.0 Å². The average Bonchev–Trinajstić information content (AvgIpc) is 3.20. The van der Waals surface area contributed by atoms with Crippen LogP contribution in [0.25, 0.3) is 10.9 Å². The van der Waals surface area contributed by atoms with E-state index in [4.69, 9.17) is 14.5 Å². The number of aromatic hydroxyl groups is 1. The SMILES string of the molecule is COC(=O)c1ccc2c(C(=Nc3ccc(OCCCN(C)C)cc3)c3ccccc3)c(O)[nH]c2c1. The summed E-state index contributed by atoms with van der Waals surface area (Å²) in [4.78, 5) is 21.9. The summed E-state index contributed by atoms with van der Waals surface area (Å²) in [5.74, 6) is 0.322. The first-order chi connectivity index (χ1) is 17.0. The van der Waals surface area contributed by atoms with Crippen molar-refractivity contribution in [2.24, 2.45) is 4.99 Å². The second kappa shape index (κ2) is 10.9. The third-order valence-corrected chi connectivity index (χ3v) is 5.58. The highest BCUT2D eigenvalue weighted by atomic mass is 16.5. The van der Waals surface area contributed by atoms with Crippen molar-refractivity contribution in [2.45, 2.75) is 6.42 Å². The molecular weight excluding hydrogens is 442 g/mol. The van der Waals surface area contributed by atoms with Crippen LogP contribution in [-0.4, -0.2) is 61.0 Å². The maximum atomic E-state index is 12.0. The van der Waals surface area contributed by atoms with Gasteiger partial charge in [-0.25, -0.2) is 9.79 Å². The molecule has 3 aromatic carbocycles. The van der Waals surface area contributed by atoms with Gasteiger partial charge in [-0.1, -0.05) is 36.4 Å². The smallest absolute Gasteiger partial charge is 0.337 e. The zero-order chi connectivity index (χ0) is 24.8. The predicted octanol–water partition coefficient (Wildman–Crippen LogP) is 5.16. The lowest BCUT2D eigenvalue weighted by molar-refractivity contribution is 0.0601. The van der Waals surface area contributed by atoms with Crippen LogP contribution in [0.1, 0.15) is 27.9 Å². The summed E-state index contributed by atoms with van der Waals surface area (Å²) in [5.41, 5.74) is 3.76. The number of ether oxygens (including phenoxy) is 2. The zero-order valence-corrected chi connectivity index (χ0v) is 20.1. The Bertz CT molecular complexity index is 1330. The highest BCUT2D eigenvalue weighted by Crippen LogP contribution is 2.32.